The van der Waals surface area contributed by atoms with Gasteiger partial charge in [0.25, 0.3) is 0 Å². The predicted molar refractivity (Wildman–Crippen MR) is 267 cm³/mol. The van der Waals surface area contributed by atoms with Crippen LogP contribution in [0.4, 0.5) is 0 Å². The van der Waals surface area contributed by atoms with Crippen molar-refractivity contribution in [2.75, 3.05) is 0 Å². The highest BCUT2D eigenvalue weighted by atomic mass is 16.3. The van der Waals surface area contributed by atoms with Gasteiger partial charge in [-0.3, -0.25) is 0 Å². The predicted octanol–water partition coefficient (Wildman–Crippen LogP) is 19.7. The number of hydrogen-bond donors (Lipinski definition) is 2. The van der Waals surface area contributed by atoms with Gasteiger partial charge >= 0.3 is 0 Å². The molecule has 4 N–H and O–H groups in total. The van der Waals surface area contributed by atoms with Crippen molar-refractivity contribution in [3.05, 3.63) is 70.8 Å². The molecule has 3 nitrogen and oxygen atoms in total. The lowest BCUT2D eigenvalue weighted by Crippen LogP contribution is -2.19. The molecule has 0 saturated carbocycles. The third-order valence-electron chi connectivity index (χ3n) is 7.61. The molecule has 0 amide bonds. The number of hydrogen-bond acceptors (Lipinski definition) is 2. The number of benzene rings is 2. The molecule has 4 rings (SSSR count). The summed E-state index contributed by atoms with van der Waals surface area (Å²) in [7, 11) is 0. The van der Waals surface area contributed by atoms with Gasteiger partial charge in [0.05, 0.1) is 0 Å². The fourth-order valence-corrected chi connectivity index (χ4v) is 5.52. The highest BCUT2D eigenvalue weighted by Gasteiger charge is 2.26. The third kappa shape index (κ3) is 25.5. The zero-order chi connectivity index (χ0) is 22.8. The molecule has 2 aromatic rings. The van der Waals surface area contributed by atoms with Gasteiger partial charge in [-0.25, -0.2) is 0 Å². The van der Waals surface area contributed by atoms with Gasteiger partial charge in [0.1, 0.15) is 11.5 Å². The Bertz CT molecular complexity index is 947. The summed E-state index contributed by atoms with van der Waals surface area (Å²) >= 11 is 0. The molecule has 0 heterocycles. The second-order valence-electron chi connectivity index (χ2n) is 10.4. The maximum absolute atomic E-state index is 10.1. The van der Waals surface area contributed by atoms with E-state index in [-0.39, 0.29) is 147 Å². The number of allylic oxidation sites excluding steroid dienone is 4. The van der Waals surface area contributed by atoms with Gasteiger partial charge in [0.15, 0.2) is 0 Å². The minimum absolute atomic E-state index is 0. The van der Waals surface area contributed by atoms with Gasteiger partial charge in [-0.1, -0.05) is 193 Å². The number of phenols is 2. The van der Waals surface area contributed by atoms with Crippen LogP contribution in [-0.4, -0.2) is 15.7 Å². The SMILES string of the molecule is C.C.C.C.C.C.C.C.C.C.C.C.C.C.C.C.C.C.C.CC(C)c1cc(C2=CCC(C3CC=C(c4ccc(O)c(C(C)C)c4)CC3)CC2)ccc1O.O. The van der Waals surface area contributed by atoms with Crippen molar-refractivity contribution in [1.82, 2.24) is 0 Å². The Morgan fingerprint density at radius 3 is 0.885 bits per heavy atom. The topological polar surface area (TPSA) is 72.0 Å². The van der Waals surface area contributed by atoms with Crippen LogP contribution in [0.3, 0.4) is 0 Å². The number of rotatable bonds is 5. The van der Waals surface area contributed by atoms with E-state index >= 15 is 0 Å². The lowest BCUT2D eigenvalue weighted by molar-refractivity contribution is 0.292. The van der Waals surface area contributed by atoms with Crippen molar-refractivity contribution in [2.45, 2.75) is 219 Å². The maximum atomic E-state index is 10.1. The fourth-order valence-electron chi connectivity index (χ4n) is 5.52. The van der Waals surface area contributed by atoms with Crippen molar-refractivity contribution in [3.8, 4) is 11.5 Å². The molecule has 0 aromatic heterocycles. The van der Waals surface area contributed by atoms with Crippen LogP contribution in [-0.2, 0) is 0 Å². The molecule has 2 aliphatic rings. The van der Waals surface area contributed by atoms with Gasteiger partial charge in [0, 0.05) is 0 Å². The average Bonchev–Trinajstić information content (AvgIpc) is 2.79. The molecule has 0 bridgehead atoms. The standard InChI is InChI=1S/C30H38O2.19CH4.H2O/c1-19(2)27-17-25(13-15-29(27)31)23-9-5-21(6-10-23)22-7-11-24(12-8-22)26-14-16-30(32)28(18-26)20(3)4;;;;;;;;;;;;;;;;;;;;/h9,11,13-22,31-32H,5-8,10,12H2,1-4H3;19*1H4;1H2. The summed E-state index contributed by atoms with van der Waals surface area (Å²) in [6.07, 6.45) is 12.0. The quantitative estimate of drug-likeness (QED) is 0.319. The van der Waals surface area contributed by atoms with Crippen molar-refractivity contribution in [2.24, 2.45) is 11.8 Å². The summed E-state index contributed by atoms with van der Waals surface area (Å²) in [5.41, 5.74) is 7.55. The van der Waals surface area contributed by atoms with E-state index in [1.807, 2.05) is 12.1 Å². The van der Waals surface area contributed by atoms with Crippen molar-refractivity contribution in [1.29, 1.82) is 0 Å². The molecule has 3 heteroatoms. The first kappa shape index (κ1) is 110. The molecular formula is C49H116O3. The van der Waals surface area contributed by atoms with Crippen LogP contribution < -0.4 is 0 Å². The number of aromatic hydroxyl groups is 2. The molecule has 2 aromatic carbocycles. The first-order chi connectivity index (χ1) is 15.3. The molecule has 2 unspecified atom stereocenters. The minimum Gasteiger partial charge on any atom is -0.508 e. The largest absolute Gasteiger partial charge is 0.508 e. The van der Waals surface area contributed by atoms with Crippen LogP contribution in [0.1, 0.15) is 241 Å². The molecule has 52 heavy (non-hydrogen) atoms. The fraction of sp³-hybridized carbons (Fsp3) is 0.673. The van der Waals surface area contributed by atoms with E-state index in [1.54, 1.807) is 0 Å². The molecule has 0 saturated heterocycles. The van der Waals surface area contributed by atoms with Gasteiger partial charge in [-0.05, 0) is 120 Å². The van der Waals surface area contributed by atoms with Crippen molar-refractivity contribution in [3.63, 3.8) is 0 Å². The van der Waals surface area contributed by atoms with E-state index in [0.29, 0.717) is 23.3 Å². The van der Waals surface area contributed by atoms with Crippen molar-refractivity contribution < 1.29 is 15.7 Å². The summed E-state index contributed by atoms with van der Waals surface area (Å²) in [5.74, 6) is 3.03. The Balaban J connectivity index is -0.0000000408. The monoisotopic (exact) mass is 753 g/mol. The summed E-state index contributed by atoms with van der Waals surface area (Å²) in [6, 6.07) is 12.2. The molecular weight excluding hydrogens is 637 g/mol. The Morgan fingerprint density at radius 1 is 0.442 bits per heavy atom. The summed E-state index contributed by atoms with van der Waals surface area (Å²) in [6.45, 7) is 8.54. The Hall–Kier alpha value is -2.52. The molecule has 0 aliphatic heterocycles. The van der Waals surface area contributed by atoms with E-state index in [9.17, 15) is 10.2 Å². The molecule has 2 atom stereocenters. The van der Waals surface area contributed by atoms with Gasteiger partial charge in [-0.15, -0.1) is 0 Å². The average molecular weight is 753 g/mol. The summed E-state index contributed by atoms with van der Waals surface area (Å²) < 4.78 is 0. The second kappa shape index (κ2) is 48.5. The van der Waals surface area contributed by atoms with Crippen LogP contribution >= 0.6 is 0 Å². The van der Waals surface area contributed by atoms with E-state index in [2.05, 4.69) is 64.1 Å². The van der Waals surface area contributed by atoms with E-state index in [0.717, 1.165) is 48.6 Å². The van der Waals surface area contributed by atoms with Crippen LogP contribution in [0.2, 0.25) is 0 Å². The molecule has 0 radical (unpaired) electrons. The number of phenolic OH excluding ortho intramolecular Hbond substituents is 2. The third-order valence-corrected chi connectivity index (χ3v) is 7.61. The van der Waals surface area contributed by atoms with Gasteiger partial charge < -0.3 is 15.7 Å². The Labute approximate surface area is 339 Å². The van der Waals surface area contributed by atoms with E-state index in [1.165, 1.54) is 35.1 Å². The summed E-state index contributed by atoms with van der Waals surface area (Å²) in [4.78, 5) is 0. The minimum atomic E-state index is 0. The molecule has 0 fully saturated rings. The first-order valence-corrected chi connectivity index (χ1v) is 12.4. The van der Waals surface area contributed by atoms with Crippen LogP contribution in [0, 0.1) is 11.8 Å². The summed E-state index contributed by atoms with van der Waals surface area (Å²) in [5, 5.41) is 20.3. The molecule has 2 aliphatic carbocycles. The second-order valence-corrected chi connectivity index (χ2v) is 10.4. The van der Waals surface area contributed by atoms with Crippen LogP contribution in [0.5, 0.6) is 11.5 Å². The van der Waals surface area contributed by atoms with Gasteiger partial charge in [-0.2, -0.15) is 0 Å². The highest BCUT2D eigenvalue weighted by Crippen LogP contribution is 2.42. The lowest BCUT2D eigenvalue weighted by Gasteiger charge is -2.32. The molecule has 0 spiro atoms. The maximum Gasteiger partial charge on any atom is 0.119 e. The smallest absolute Gasteiger partial charge is 0.119 e. The molecule has 330 valence electrons. The zero-order valence-corrected chi connectivity index (χ0v) is 20.6. The Morgan fingerprint density at radius 2 is 0.692 bits per heavy atom. The van der Waals surface area contributed by atoms with E-state index < -0.39 is 0 Å². The normalized spacial score (nSPS) is 13.3. The highest BCUT2D eigenvalue weighted by molar-refractivity contribution is 5.69. The van der Waals surface area contributed by atoms with E-state index in [4.69, 9.17) is 0 Å². The Kier molecular flexibility index (Phi) is 103. The van der Waals surface area contributed by atoms with Crippen LogP contribution in [0.15, 0.2) is 48.6 Å². The lowest BCUT2D eigenvalue weighted by atomic mass is 9.73. The zero-order valence-electron chi connectivity index (χ0n) is 20.6. The first-order valence-electron chi connectivity index (χ1n) is 12.4. The van der Waals surface area contributed by atoms with Crippen molar-refractivity contribution >= 4 is 11.1 Å². The van der Waals surface area contributed by atoms with Crippen LogP contribution in [0.25, 0.3) is 11.1 Å². The van der Waals surface area contributed by atoms with Gasteiger partial charge in [0.2, 0.25) is 0 Å².